The summed E-state index contributed by atoms with van der Waals surface area (Å²) >= 11 is 0. The average Bonchev–Trinajstić information content (AvgIpc) is 3.10. The maximum absolute atomic E-state index is 12.7. The van der Waals surface area contributed by atoms with Crippen LogP contribution >= 0.6 is 0 Å². The summed E-state index contributed by atoms with van der Waals surface area (Å²) in [6.07, 6.45) is -3.40. The molecule has 0 aromatic heterocycles. The predicted molar refractivity (Wildman–Crippen MR) is 116 cm³/mol. The summed E-state index contributed by atoms with van der Waals surface area (Å²) in [4.78, 5) is 29.3. The number of para-hydroxylation sites is 1. The second-order valence-electron chi connectivity index (χ2n) is 8.13. The highest BCUT2D eigenvalue weighted by Crippen LogP contribution is 2.36. The van der Waals surface area contributed by atoms with Gasteiger partial charge in [0.25, 0.3) is 5.91 Å². The highest BCUT2D eigenvalue weighted by Gasteiger charge is 2.50. The van der Waals surface area contributed by atoms with Gasteiger partial charge in [0.15, 0.2) is 0 Å². The number of nitrogens with zero attached hydrogens (tertiary/aromatic N) is 2. The van der Waals surface area contributed by atoms with Crippen LogP contribution in [-0.4, -0.2) is 61.5 Å². The van der Waals surface area contributed by atoms with Crippen molar-refractivity contribution < 1.29 is 27.5 Å². The number of anilines is 1. The summed E-state index contributed by atoms with van der Waals surface area (Å²) < 4.78 is 40.5. The minimum absolute atomic E-state index is 0.0530. The molecule has 2 aromatic rings. The van der Waals surface area contributed by atoms with Crippen molar-refractivity contribution in [1.82, 2.24) is 15.5 Å². The SMILES string of the molecule is O=C(NCCN1CCC2(CC1)C(=O)NCN2c1ccccc1)c1ccc(OC(F)(F)F)cc1. The number of hydrogen-bond donors (Lipinski definition) is 2. The third-order valence-corrected chi connectivity index (χ3v) is 6.15. The van der Waals surface area contributed by atoms with Crippen molar-refractivity contribution in [2.75, 3.05) is 37.7 Å². The molecule has 2 fully saturated rings. The number of likely N-dealkylation sites (tertiary alicyclic amines) is 1. The Morgan fingerprint density at radius 1 is 1.06 bits per heavy atom. The first-order valence-corrected chi connectivity index (χ1v) is 10.7. The molecule has 0 radical (unpaired) electrons. The maximum atomic E-state index is 12.7. The molecule has 2 amide bonds. The Labute approximate surface area is 189 Å². The van der Waals surface area contributed by atoms with Crippen LogP contribution in [0.1, 0.15) is 23.2 Å². The van der Waals surface area contributed by atoms with E-state index >= 15 is 0 Å². The van der Waals surface area contributed by atoms with Crippen molar-refractivity contribution >= 4 is 17.5 Å². The van der Waals surface area contributed by atoms with Crippen molar-refractivity contribution in [2.45, 2.75) is 24.7 Å². The number of benzene rings is 2. The number of hydrogen-bond acceptors (Lipinski definition) is 5. The molecule has 0 bridgehead atoms. The predicted octanol–water partition coefficient (Wildman–Crippen LogP) is 2.74. The van der Waals surface area contributed by atoms with E-state index in [1.807, 2.05) is 30.3 Å². The van der Waals surface area contributed by atoms with E-state index in [-0.39, 0.29) is 23.1 Å². The van der Waals surface area contributed by atoms with Crippen molar-refractivity contribution in [3.05, 3.63) is 60.2 Å². The van der Waals surface area contributed by atoms with E-state index in [1.165, 1.54) is 12.1 Å². The van der Waals surface area contributed by atoms with Gasteiger partial charge in [0.2, 0.25) is 5.91 Å². The number of ether oxygens (including phenoxy) is 1. The Bertz CT molecular complexity index is 975. The lowest BCUT2D eigenvalue weighted by Gasteiger charge is -2.43. The van der Waals surface area contributed by atoms with Crippen LogP contribution in [0, 0.1) is 0 Å². The van der Waals surface area contributed by atoms with Crippen LogP contribution in [-0.2, 0) is 4.79 Å². The van der Waals surface area contributed by atoms with Gasteiger partial charge in [-0.15, -0.1) is 13.2 Å². The number of nitrogens with one attached hydrogen (secondary N) is 2. The van der Waals surface area contributed by atoms with Crippen LogP contribution in [0.4, 0.5) is 18.9 Å². The third kappa shape index (κ3) is 5.22. The summed E-state index contributed by atoms with van der Waals surface area (Å²) in [6, 6.07) is 14.7. The van der Waals surface area contributed by atoms with Gasteiger partial charge in [-0.2, -0.15) is 0 Å². The van der Waals surface area contributed by atoms with Crippen molar-refractivity contribution in [2.24, 2.45) is 0 Å². The molecule has 2 saturated heterocycles. The molecule has 0 unspecified atom stereocenters. The number of carbonyl (C=O) groups excluding carboxylic acids is 2. The molecule has 2 aliphatic rings. The van der Waals surface area contributed by atoms with E-state index in [9.17, 15) is 22.8 Å². The zero-order valence-electron chi connectivity index (χ0n) is 17.9. The summed E-state index contributed by atoms with van der Waals surface area (Å²) in [7, 11) is 0. The van der Waals surface area contributed by atoms with Crippen LogP contribution in [0.3, 0.4) is 0 Å². The Kier molecular flexibility index (Phi) is 6.46. The van der Waals surface area contributed by atoms with E-state index in [4.69, 9.17) is 0 Å². The minimum atomic E-state index is -4.77. The molecule has 2 heterocycles. The summed E-state index contributed by atoms with van der Waals surface area (Å²) in [5.41, 5.74) is 0.716. The molecule has 0 atom stereocenters. The van der Waals surface area contributed by atoms with Crippen LogP contribution in [0.5, 0.6) is 5.75 Å². The summed E-state index contributed by atoms with van der Waals surface area (Å²) in [5.74, 6) is -0.688. The Hall–Kier alpha value is -3.27. The van der Waals surface area contributed by atoms with Crippen LogP contribution < -0.4 is 20.3 Å². The Morgan fingerprint density at radius 3 is 2.36 bits per heavy atom. The normalized spacial score (nSPS) is 18.3. The molecule has 10 heteroatoms. The van der Waals surface area contributed by atoms with Gasteiger partial charge in [0, 0.05) is 37.4 Å². The lowest BCUT2D eigenvalue weighted by molar-refractivity contribution is -0.274. The molecule has 4 rings (SSSR count). The number of amides is 2. The van der Waals surface area contributed by atoms with Crippen molar-refractivity contribution in [3.8, 4) is 5.75 Å². The molecule has 2 aliphatic heterocycles. The van der Waals surface area contributed by atoms with Crippen molar-refractivity contribution in [1.29, 1.82) is 0 Å². The van der Waals surface area contributed by atoms with Crippen molar-refractivity contribution in [3.63, 3.8) is 0 Å². The summed E-state index contributed by atoms with van der Waals surface area (Å²) in [5, 5.41) is 5.76. The zero-order valence-corrected chi connectivity index (χ0v) is 17.9. The molecule has 1 spiro atoms. The molecule has 0 aliphatic carbocycles. The fourth-order valence-corrected chi connectivity index (χ4v) is 4.42. The van der Waals surface area contributed by atoms with E-state index in [0.29, 0.717) is 32.6 Å². The number of carbonyl (C=O) groups is 2. The molecular weight excluding hydrogens is 437 g/mol. The molecule has 176 valence electrons. The van der Waals surface area contributed by atoms with Gasteiger partial charge < -0.3 is 25.2 Å². The second-order valence-corrected chi connectivity index (χ2v) is 8.13. The van der Waals surface area contributed by atoms with Gasteiger partial charge in [-0.1, -0.05) is 18.2 Å². The van der Waals surface area contributed by atoms with Crippen LogP contribution in [0.25, 0.3) is 0 Å². The highest BCUT2D eigenvalue weighted by molar-refractivity contribution is 5.94. The molecule has 2 N–H and O–H groups in total. The number of rotatable bonds is 6. The molecule has 0 saturated carbocycles. The van der Waals surface area contributed by atoms with E-state index in [0.717, 1.165) is 30.9 Å². The number of piperidine rings is 1. The standard InChI is InChI=1S/C23H25F3N4O3/c24-23(25,26)33-19-8-6-17(7-9-19)20(31)27-12-15-29-13-10-22(11-14-29)21(32)28-16-30(22)18-4-2-1-3-5-18/h1-9H,10-16H2,(H,27,31)(H,28,32). The Balaban J connectivity index is 1.26. The zero-order chi connectivity index (χ0) is 23.5. The number of halogens is 3. The minimum Gasteiger partial charge on any atom is -0.406 e. The first-order chi connectivity index (χ1) is 15.8. The average molecular weight is 462 g/mol. The lowest BCUT2D eigenvalue weighted by Crippen LogP contribution is -2.57. The van der Waals surface area contributed by atoms with Crippen LogP contribution in [0.2, 0.25) is 0 Å². The van der Waals surface area contributed by atoms with Gasteiger partial charge in [-0.3, -0.25) is 9.59 Å². The second kappa shape index (κ2) is 9.30. The van der Waals surface area contributed by atoms with Gasteiger partial charge in [-0.05, 0) is 49.2 Å². The van der Waals surface area contributed by atoms with E-state index in [2.05, 4.69) is 25.2 Å². The summed E-state index contributed by atoms with van der Waals surface area (Å²) in [6.45, 7) is 2.93. The van der Waals surface area contributed by atoms with Gasteiger partial charge in [0.05, 0.1) is 6.67 Å². The topological polar surface area (TPSA) is 73.9 Å². The fraction of sp³-hybridized carbons (Fsp3) is 0.391. The quantitative estimate of drug-likeness (QED) is 0.691. The van der Waals surface area contributed by atoms with Gasteiger partial charge >= 0.3 is 6.36 Å². The molecule has 2 aromatic carbocycles. The highest BCUT2D eigenvalue weighted by atomic mass is 19.4. The van der Waals surface area contributed by atoms with Crippen LogP contribution in [0.15, 0.2) is 54.6 Å². The van der Waals surface area contributed by atoms with E-state index in [1.54, 1.807) is 0 Å². The monoisotopic (exact) mass is 462 g/mol. The molecular formula is C23H25F3N4O3. The number of alkyl halides is 3. The Morgan fingerprint density at radius 2 is 1.73 bits per heavy atom. The lowest BCUT2D eigenvalue weighted by atomic mass is 9.85. The smallest absolute Gasteiger partial charge is 0.406 e. The maximum Gasteiger partial charge on any atom is 0.573 e. The van der Waals surface area contributed by atoms with E-state index < -0.39 is 11.9 Å². The molecule has 7 nitrogen and oxygen atoms in total. The fourth-order valence-electron chi connectivity index (χ4n) is 4.42. The van der Waals surface area contributed by atoms with Gasteiger partial charge in [0.1, 0.15) is 11.3 Å². The molecule has 33 heavy (non-hydrogen) atoms. The first-order valence-electron chi connectivity index (χ1n) is 10.7. The first kappa shape index (κ1) is 22.9. The largest absolute Gasteiger partial charge is 0.573 e. The van der Waals surface area contributed by atoms with Gasteiger partial charge in [-0.25, -0.2) is 0 Å². The third-order valence-electron chi connectivity index (χ3n) is 6.15.